The Hall–Kier alpha value is -1.54. The van der Waals surface area contributed by atoms with Crippen molar-refractivity contribution >= 4 is 10.8 Å². The molecule has 2 nitrogen and oxygen atoms in total. The van der Waals surface area contributed by atoms with Crippen molar-refractivity contribution in [2.45, 2.75) is 91.0 Å². The van der Waals surface area contributed by atoms with Gasteiger partial charge < -0.3 is 9.47 Å². The van der Waals surface area contributed by atoms with Gasteiger partial charge in [-0.1, -0.05) is 70.2 Å². The lowest BCUT2D eigenvalue weighted by molar-refractivity contribution is -0.120. The van der Waals surface area contributed by atoms with E-state index < -0.39 is 0 Å². The number of hydrogen-bond donors (Lipinski definition) is 0. The van der Waals surface area contributed by atoms with Gasteiger partial charge in [-0.05, 0) is 60.6 Å². The highest BCUT2D eigenvalue weighted by molar-refractivity contribution is 5.84. The van der Waals surface area contributed by atoms with E-state index in [9.17, 15) is 0 Å². The number of rotatable bonds is 8. The van der Waals surface area contributed by atoms with Gasteiger partial charge in [0.25, 0.3) is 0 Å². The molecule has 3 rings (SSSR count). The molecule has 0 saturated heterocycles. The van der Waals surface area contributed by atoms with Crippen LogP contribution in [0.25, 0.3) is 10.8 Å². The number of benzene rings is 2. The van der Waals surface area contributed by atoms with Gasteiger partial charge in [0.05, 0.1) is 6.10 Å². The van der Waals surface area contributed by atoms with Gasteiger partial charge in [0.15, 0.2) is 6.29 Å². The molecule has 2 unspecified atom stereocenters. The second kappa shape index (κ2) is 9.59. The Kier molecular flexibility index (Phi) is 7.18. The van der Waals surface area contributed by atoms with E-state index in [1.54, 1.807) is 0 Å². The van der Waals surface area contributed by atoms with Crippen LogP contribution in [-0.4, -0.2) is 12.4 Å². The predicted molar refractivity (Wildman–Crippen MR) is 114 cm³/mol. The highest BCUT2D eigenvalue weighted by Gasteiger charge is 2.22. The van der Waals surface area contributed by atoms with E-state index in [1.807, 2.05) is 0 Å². The first-order chi connectivity index (χ1) is 13.0. The molecule has 148 valence electrons. The average molecular weight is 369 g/mol. The normalized spacial score (nSPS) is 18.0. The van der Waals surface area contributed by atoms with Crippen molar-refractivity contribution in [3.05, 3.63) is 42.0 Å². The van der Waals surface area contributed by atoms with E-state index in [1.165, 1.54) is 54.9 Å². The highest BCUT2D eigenvalue weighted by atomic mass is 16.7. The molecule has 0 spiro atoms. The summed E-state index contributed by atoms with van der Waals surface area (Å²) in [6, 6.07) is 13.2. The summed E-state index contributed by atoms with van der Waals surface area (Å²) in [7, 11) is 0. The van der Waals surface area contributed by atoms with Crippen LogP contribution in [0.5, 0.6) is 5.75 Å². The van der Waals surface area contributed by atoms with E-state index in [4.69, 9.17) is 9.47 Å². The number of hydrogen-bond acceptors (Lipinski definition) is 2. The monoisotopic (exact) mass is 368 g/mol. The van der Waals surface area contributed by atoms with Crippen LogP contribution < -0.4 is 4.74 Å². The standard InChI is InChI=1S/C25H36O2/c1-5-19(4)21-11-12-23-17-24(14-13-22(23)16-21)27-25(26-18(2)3)15-20-9-7-6-8-10-20/h11-14,16-20,25H,5-10,15H2,1-4H3. The third kappa shape index (κ3) is 5.72. The maximum atomic E-state index is 6.31. The largest absolute Gasteiger partial charge is 0.465 e. The number of ether oxygens (including phenoxy) is 2. The van der Waals surface area contributed by atoms with Crippen LogP contribution in [0.15, 0.2) is 36.4 Å². The van der Waals surface area contributed by atoms with Gasteiger partial charge in [0.2, 0.25) is 0 Å². The SMILES string of the molecule is CCC(C)c1ccc2cc(OC(CC3CCCCC3)OC(C)C)ccc2c1. The summed E-state index contributed by atoms with van der Waals surface area (Å²) in [6.07, 6.45) is 8.93. The predicted octanol–water partition coefficient (Wildman–Crippen LogP) is 7.45. The summed E-state index contributed by atoms with van der Waals surface area (Å²) in [4.78, 5) is 0. The maximum Gasteiger partial charge on any atom is 0.200 e. The fourth-order valence-corrected chi connectivity index (χ4v) is 4.14. The molecule has 2 heteroatoms. The molecule has 1 aliphatic carbocycles. The summed E-state index contributed by atoms with van der Waals surface area (Å²) in [6.45, 7) is 8.72. The fourth-order valence-electron chi connectivity index (χ4n) is 4.14. The Morgan fingerprint density at radius 1 is 0.926 bits per heavy atom. The minimum absolute atomic E-state index is 0.148. The lowest BCUT2D eigenvalue weighted by atomic mass is 9.87. The average Bonchev–Trinajstić information content (AvgIpc) is 2.67. The third-order valence-electron chi connectivity index (χ3n) is 5.96. The molecule has 0 heterocycles. The minimum Gasteiger partial charge on any atom is -0.465 e. The zero-order valence-corrected chi connectivity index (χ0v) is 17.5. The first-order valence-electron chi connectivity index (χ1n) is 10.9. The molecule has 0 aromatic heterocycles. The molecule has 0 radical (unpaired) electrons. The lowest BCUT2D eigenvalue weighted by Crippen LogP contribution is -2.27. The Labute approximate surface area is 165 Å². The molecule has 2 atom stereocenters. The van der Waals surface area contributed by atoms with Crippen LogP contribution in [0.4, 0.5) is 0 Å². The zero-order chi connectivity index (χ0) is 19.2. The second-order valence-corrected chi connectivity index (χ2v) is 8.55. The van der Waals surface area contributed by atoms with Crippen molar-refractivity contribution in [2.75, 3.05) is 0 Å². The molecular formula is C25H36O2. The van der Waals surface area contributed by atoms with Crippen LogP contribution in [0, 0.1) is 5.92 Å². The minimum atomic E-state index is -0.148. The van der Waals surface area contributed by atoms with Crippen molar-refractivity contribution in [2.24, 2.45) is 5.92 Å². The first kappa shape index (κ1) is 20.2. The molecule has 2 aromatic carbocycles. The van der Waals surface area contributed by atoms with Gasteiger partial charge in [-0.3, -0.25) is 0 Å². The van der Waals surface area contributed by atoms with Gasteiger partial charge in [-0.25, -0.2) is 0 Å². The first-order valence-corrected chi connectivity index (χ1v) is 10.9. The van der Waals surface area contributed by atoms with Crippen molar-refractivity contribution in [3.8, 4) is 5.75 Å². The maximum absolute atomic E-state index is 6.31. The van der Waals surface area contributed by atoms with E-state index in [-0.39, 0.29) is 12.4 Å². The van der Waals surface area contributed by atoms with E-state index >= 15 is 0 Å². The summed E-state index contributed by atoms with van der Waals surface area (Å²) >= 11 is 0. The molecule has 27 heavy (non-hydrogen) atoms. The van der Waals surface area contributed by atoms with Gasteiger partial charge >= 0.3 is 0 Å². The Morgan fingerprint density at radius 2 is 1.63 bits per heavy atom. The summed E-state index contributed by atoms with van der Waals surface area (Å²) in [5, 5.41) is 2.52. The molecule has 2 aromatic rings. The van der Waals surface area contributed by atoms with Gasteiger partial charge in [-0.15, -0.1) is 0 Å². The van der Waals surface area contributed by atoms with Crippen LogP contribution in [0.1, 0.15) is 84.1 Å². The number of fused-ring (bicyclic) bond motifs is 1. The Balaban J connectivity index is 1.73. The van der Waals surface area contributed by atoms with Gasteiger partial charge in [0.1, 0.15) is 5.75 Å². The van der Waals surface area contributed by atoms with Crippen LogP contribution in [0.2, 0.25) is 0 Å². The van der Waals surface area contributed by atoms with Crippen molar-refractivity contribution < 1.29 is 9.47 Å². The smallest absolute Gasteiger partial charge is 0.200 e. The van der Waals surface area contributed by atoms with Gasteiger partial charge in [-0.2, -0.15) is 0 Å². The fraction of sp³-hybridized carbons (Fsp3) is 0.600. The van der Waals surface area contributed by atoms with Crippen LogP contribution in [-0.2, 0) is 4.74 Å². The summed E-state index contributed by atoms with van der Waals surface area (Å²) < 4.78 is 12.4. The third-order valence-corrected chi connectivity index (χ3v) is 5.96. The van der Waals surface area contributed by atoms with Crippen LogP contribution >= 0.6 is 0 Å². The van der Waals surface area contributed by atoms with Crippen molar-refractivity contribution in [3.63, 3.8) is 0 Å². The highest BCUT2D eigenvalue weighted by Crippen LogP contribution is 2.31. The summed E-state index contributed by atoms with van der Waals surface area (Å²) in [5.41, 5.74) is 1.41. The molecule has 1 aliphatic rings. The molecule has 0 N–H and O–H groups in total. The quantitative estimate of drug-likeness (QED) is 0.450. The summed E-state index contributed by atoms with van der Waals surface area (Å²) in [5.74, 6) is 2.26. The molecule has 0 aliphatic heterocycles. The van der Waals surface area contributed by atoms with Crippen molar-refractivity contribution in [1.29, 1.82) is 0 Å². The van der Waals surface area contributed by atoms with Crippen LogP contribution in [0.3, 0.4) is 0 Å². The van der Waals surface area contributed by atoms with E-state index in [0.717, 1.165) is 18.1 Å². The molecule has 0 amide bonds. The van der Waals surface area contributed by atoms with E-state index in [0.29, 0.717) is 5.92 Å². The van der Waals surface area contributed by atoms with Gasteiger partial charge in [0, 0.05) is 6.42 Å². The zero-order valence-electron chi connectivity index (χ0n) is 17.5. The second-order valence-electron chi connectivity index (χ2n) is 8.55. The topological polar surface area (TPSA) is 18.5 Å². The molecule has 0 bridgehead atoms. The van der Waals surface area contributed by atoms with E-state index in [2.05, 4.69) is 64.1 Å². The van der Waals surface area contributed by atoms with Crippen molar-refractivity contribution in [1.82, 2.24) is 0 Å². The Bertz CT molecular complexity index is 715. The molecule has 1 saturated carbocycles. The molecular weight excluding hydrogens is 332 g/mol. The Morgan fingerprint density at radius 3 is 2.33 bits per heavy atom. The lowest BCUT2D eigenvalue weighted by Gasteiger charge is -2.28. The molecule has 1 fully saturated rings.